The highest BCUT2D eigenvalue weighted by molar-refractivity contribution is 7.80. The molecule has 0 heterocycles. The molecule has 0 fully saturated rings. The van der Waals surface area contributed by atoms with Gasteiger partial charge in [-0.05, 0) is 43.9 Å². The Kier molecular flexibility index (Phi) is 6.34. The molecule has 0 spiro atoms. The maximum absolute atomic E-state index is 12.8. The first kappa shape index (κ1) is 17.6. The highest BCUT2D eigenvalue weighted by Gasteiger charge is 2.39. The predicted molar refractivity (Wildman–Crippen MR) is 93.6 cm³/mol. The van der Waals surface area contributed by atoms with E-state index in [1.165, 1.54) is 0 Å². The van der Waals surface area contributed by atoms with Crippen LogP contribution in [-0.4, -0.2) is 10.9 Å². The van der Waals surface area contributed by atoms with Crippen molar-refractivity contribution >= 4 is 28.8 Å². The number of carbonyl (C=O) groups is 1. The molecule has 0 aliphatic heterocycles. The van der Waals surface area contributed by atoms with Gasteiger partial charge in [0.1, 0.15) is 0 Å². The third-order valence-corrected chi connectivity index (χ3v) is 4.29. The Morgan fingerprint density at radius 3 is 2.29 bits per heavy atom. The molecular weight excluding hydrogens is 280 g/mol. The molecule has 0 saturated heterocycles. The fourth-order valence-electron chi connectivity index (χ4n) is 2.68. The van der Waals surface area contributed by atoms with Gasteiger partial charge in [-0.1, -0.05) is 51.0 Å². The van der Waals surface area contributed by atoms with Gasteiger partial charge in [-0.15, -0.1) is 0 Å². The van der Waals surface area contributed by atoms with Gasteiger partial charge in [-0.2, -0.15) is 0 Å². The third-order valence-electron chi connectivity index (χ3n) is 3.90. The van der Waals surface area contributed by atoms with E-state index >= 15 is 0 Å². The Hall–Kier alpha value is -1.42. The van der Waals surface area contributed by atoms with Gasteiger partial charge in [-0.25, -0.2) is 0 Å². The van der Waals surface area contributed by atoms with Crippen LogP contribution in [-0.2, 0) is 4.79 Å². The van der Waals surface area contributed by atoms with Crippen molar-refractivity contribution in [2.45, 2.75) is 53.4 Å². The smallest absolute Gasteiger partial charge is 0.237 e. The second kappa shape index (κ2) is 7.55. The van der Waals surface area contributed by atoms with E-state index in [4.69, 9.17) is 18.0 Å². The van der Waals surface area contributed by atoms with Crippen LogP contribution in [0.5, 0.6) is 0 Å². The topological polar surface area (TPSA) is 55.1 Å². The molecule has 4 heteroatoms. The summed E-state index contributed by atoms with van der Waals surface area (Å²) >= 11 is 5.23. The Morgan fingerprint density at radius 2 is 1.81 bits per heavy atom. The molecule has 21 heavy (non-hydrogen) atoms. The van der Waals surface area contributed by atoms with Crippen LogP contribution in [0.1, 0.15) is 50.7 Å². The maximum Gasteiger partial charge on any atom is 0.237 e. The van der Waals surface area contributed by atoms with Crippen LogP contribution in [0.3, 0.4) is 0 Å². The van der Waals surface area contributed by atoms with E-state index in [2.05, 4.69) is 5.32 Å². The van der Waals surface area contributed by atoms with Gasteiger partial charge >= 0.3 is 0 Å². The number of aryl methyl sites for hydroxylation is 2. The Morgan fingerprint density at radius 1 is 1.24 bits per heavy atom. The van der Waals surface area contributed by atoms with Crippen molar-refractivity contribution in [3.63, 3.8) is 0 Å². The monoisotopic (exact) mass is 306 g/mol. The molecule has 0 aromatic heterocycles. The summed E-state index contributed by atoms with van der Waals surface area (Å²) in [7, 11) is 0. The number of anilines is 1. The zero-order chi connectivity index (χ0) is 16.0. The molecule has 1 rings (SSSR count). The highest BCUT2D eigenvalue weighted by atomic mass is 32.1. The molecule has 0 atom stereocenters. The first-order valence-electron chi connectivity index (χ1n) is 7.56. The Labute approximate surface area is 133 Å². The summed E-state index contributed by atoms with van der Waals surface area (Å²) in [6.07, 6.45) is 3.12. The van der Waals surface area contributed by atoms with Crippen molar-refractivity contribution in [1.82, 2.24) is 0 Å². The van der Waals surface area contributed by atoms with Crippen LogP contribution in [0.25, 0.3) is 0 Å². The third kappa shape index (κ3) is 4.03. The average molecular weight is 306 g/mol. The fraction of sp³-hybridized carbons (Fsp3) is 0.529. The number of carbonyl (C=O) groups excluding carboxylic acids is 1. The van der Waals surface area contributed by atoms with Gasteiger partial charge in [0, 0.05) is 5.69 Å². The second-order valence-corrected chi connectivity index (χ2v) is 6.16. The summed E-state index contributed by atoms with van der Waals surface area (Å²) in [5.41, 5.74) is 8.19. The van der Waals surface area contributed by atoms with Crippen molar-refractivity contribution in [3.8, 4) is 0 Å². The number of hydrogen-bond acceptors (Lipinski definition) is 2. The Balaban J connectivity index is 3.11. The van der Waals surface area contributed by atoms with Gasteiger partial charge < -0.3 is 11.1 Å². The van der Waals surface area contributed by atoms with E-state index in [1.807, 2.05) is 45.9 Å². The lowest BCUT2D eigenvalue weighted by Gasteiger charge is -2.31. The molecular formula is C17H26N2OS. The van der Waals surface area contributed by atoms with Crippen LogP contribution in [0.2, 0.25) is 0 Å². The summed E-state index contributed by atoms with van der Waals surface area (Å²) in [6, 6.07) is 6.02. The average Bonchev–Trinajstić information content (AvgIpc) is 2.42. The number of hydrogen-bond donors (Lipinski definition) is 2. The summed E-state index contributed by atoms with van der Waals surface area (Å²) in [6.45, 7) is 8.09. The SMILES string of the molecule is CCCC(CCC)(C(=O)Nc1cc(C)ccc1C)C(N)=S. The maximum atomic E-state index is 12.8. The van der Waals surface area contributed by atoms with Gasteiger partial charge in [0.2, 0.25) is 5.91 Å². The van der Waals surface area contributed by atoms with E-state index in [0.717, 1.165) is 29.7 Å². The van der Waals surface area contributed by atoms with E-state index in [-0.39, 0.29) is 5.91 Å². The number of rotatable bonds is 7. The van der Waals surface area contributed by atoms with Crippen LogP contribution in [0, 0.1) is 19.3 Å². The second-order valence-electron chi connectivity index (χ2n) is 5.72. The van der Waals surface area contributed by atoms with Crippen molar-refractivity contribution in [3.05, 3.63) is 29.3 Å². The predicted octanol–water partition coefficient (Wildman–Crippen LogP) is 4.11. The number of thiocarbonyl (C=S) groups is 1. The zero-order valence-corrected chi connectivity index (χ0v) is 14.3. The first-order chi connectivity index (χ1) is 9.87. The molecule has 116 valence electrons. The minimum atomic E-state index is -0.741. The summed E-state index contributed by atoms with van der Waals surface area (Å²) in [5, 5.41) is 3.04. The van der Waals surface area contributed by atoms with Crippen molar-refractivity contribution in [2.75, 3.05) is 5.32 Å². The largest absolute Gasteiger partial charge is 0.392 e. The molecule has 1 aromatic rings. The van der Waals surface area contributed by atoms with Crippen molar-refractivity contribution < 1.29 is 4.79 Å². The minimum Gasteiger partial charge on any atom is -0.392 e. The number of nitrogens with two attached hydrogens (primary N) is 1. The molecule has 0 radical (unpaired) electrons. The van der Waals surface area contributed by atoms with Crippen molar-refractivity contribution in [2.24, 2.45) is 11.1 Å². The summed E-state index contributed by atoms with van der Waals surface area (Å²) in [5.74, 6) is -0.0765. The lowest BCUT2D eigenvalue weighted by Crippen LogP contribution is -2.46. The quantitative estimate of drug-likeness (QED) is 0.745. The summed E-state index contributed by atoms with van der Waals surface area (Å²) < 4.78 is 0. The number of nitrogens with one attached hydrogen (secondary N) is 1. The molecule has 3 N–H and O–H groups in total. The molecule has 0 unspecified atom stereocenters. The van der Waals surface area contributed by atoms with Gasteiger partial charge in [0.15, 0.2) is 0 Å². The molecule has 0 aliphatic carbocycles. The standard InChI is InChI=1S/C17H26N2OS/c1-5-9-17(10-6-2,15(18)21)16(20)19-14-11-12(3)7-8-13(14)4/h7-8,11H,5-6,9-10H2,1-4H3,(H2,18,21)(H,19,20). The zero-order valence-electron chi connectivity index (χ0n) is 13.5. The van der Waals surface area contributed by atoms with Crippen LogP contribution in [0.4, 0.5) is 5.69 Å². The molecule has 3 nitrogen and oxygen atoms in total. The van der Waals surface area contributed by atoms with Crippen molar-refractivity contribution in [1.29, 1.82) is 0 Å². The van der Waals surface area contributed by atoms with Crippen LogP contribution < -0.4 is 11.1 Å². The fourth-order valence-corrected chi connectivity index (χ4v) is 2.97. The Bertz CT molecular complexity index is 520. The van der Waals surface area contributed by atoms with Gasteiger partial charge in [-0.3, -0.25) is 4.79 Å². The molecule has 0 aliphatic rings. The van der Waals surface area contributed by atoms with E-state index < -0.39 is 5.41 Å². The number of benzene rings is 1. The van der Waals surface area contributed by atoms with Crippen LogP contribution >= 0.6 is 12.2 Å². The summed E-state index contributed by atoms with van der Waals surface area (Å²) in [4.78, 5) is 13.1. The number of amides is 1. The highest BCUT2D eigenvalue weighted by Crippen LogP contribution is 2.32. The molecule has 0 bridgehead atoms. The first-order valence-corrected chi connectivity index (χ1v) is 7.96. The molecule has 1 amide bonds. The molecule has 0 saturated carbocycles. The minimum absolute atomic E-state index is 0.0765. The van der Waals surface area contributed by atoms with E-state index in [1.54, 1.807) is 0 Å². The van der Waals surface area contributed by atoms with Gasteiger partial charge in [0.05, 0.1) is 10.4 Å². The van der Waals surface area contributed by atoms with Gasteiger partial charge in [0.25, 0.3) is 0 Å². The molecule has 1 aromatic carbocycles. The van der Waals surface area contributed by atoms with Crippen LogP contribution in [0.15, 0.2) is 18.2 Å². The lowest BCUT2D eigenvalue weighted by molar-refractivity contribution is -0.122. The lowest BCUT2D eigenvalue weighted by atomic mass is 9.78. The van der Waals surface area contributed by atoms with E-state index in [0.29, 0.717) is 17.8 Å². The van der Waals surface area contributed by atoms with E-state index in [9.17, 15) is 4.79 Å². The normalized spacial score (nSPS) is 11.2.